The number of alkyl halides is 3. The highest BCUT2D eigenvalue weighted by Gasteiger charge is 2.58. The zero-order valence-electron chi connectivity index (χ0n) is 19.8. The number of aliphatic hydroxyl groups is 1. The van der Waals surface area contributed by atoms with Gasteiger partial charge in [0.15, 0.2) is 6.10 Å². The molecule has 0 saturated carbocycles. The molecule has 2 heterocycles. The molecular weight excluding hydrogens is 481 g/mol. The highest BCUT2D eigenvalue weighted by molar-refractivity contribution is 8.14. The van der Waals surface area contributed by atoms with Gasteiger partial charge in [0.1, 0.15) is 29.8 Å². The van der Waals surface area contributed by atoms with Gasteiger partial charge < -0.3 is 19.3 Å². The predicted molar refractivity (Wildman–Crippen MR) is 128 cm³/mol. The molecule has 0 radical (unpaired) electrons. The molecule has 35 heavy (non-hydrogen) atoms. The van der Waals surface area contributed by atoms with Crippen LogP contribution in [0.4, 0.5) is 13.2 Å². The Morgan fingerprint density at radius 3 is 1.94 bits per heavy atom. The molecule has 4 rings (SSSR count). The molecule has 0 bridgehead atoms. The molecule has 6 nitrogen and oxygen atoms in total. The first-order valence-corrected chi connectivity index (χ1v) is 12.2. The lowest BCUT2D eigenvalue weighted by atomic mass is 9.93. The van der Waals surface area contributed by atoms with Crippen molar-refractivity contribution in [3.63, 3.8) is 0 Å². The van der Waals surface area contributed by atoms with Gasteiger partial charge in [0, 0.05) is 0 Å². The summed E-state index contributed by atoms with van der Waals surface area (Å²) in [7, 11) is 5.78. The normalized spacial score (nSPS) is 27.9. The van der Waals surface area contributed by atoms with Gasteiger partial charge in [0.05, 0.1) is 34.4 Å². The highest BCUT2D eigenvalue weighted by Crippen LogP contribution is 2.43. The number of thioether (sulfide) groups is 1. The molecule has 0 aromatic heterocycles. The fraction of sp³-hybridized carbons (Fsp3) is 0.480. The molecule has 0 spiro atoms. The van der Waals surface area contributed by atoms with Crippen LogP contribution in [0.5, 0.6) is 0 Å². The summed E-state index contributed by atoms with van der Waals surface area (Å²) in [5.41, 5.74) is 0.918. The average Bonchev–Trinajstić information content (AvgIpc) is 3.26. The van der Waals surface area contributed by atoms with Crippen molar-refractivity contribution in [1.29, 1.82) is 0 Å². The molecule has 0 amide bonds. The topological polar surface area (TPSA) is 60.3 Å². The first-order chi connectivity index (χ1) is 16.5. The van der Waals surface area contributed by atoms with Crippen LogP contribution in [0.25, 0.3) is 0 Å². The molecule has 190 valence electrons. The zero-order chi connectivity index (χ0) is 25.2. The largest absolute Gasteiger partial charge is 0.417 e. The van der Waals surface area contributed by atoms with Gasteiger partial charge in [-0.2, -0.15) is 13.2 Å². The van der Waals surface area contributed by atoms with E-state index < -0.39 is 42.1 Å². The quantitative estimate of drug-likeness (QED) is 0.570. The first-order valence-electron chi connectivity index (χ1n) is 11.3. The van der Waals surface area contributed by atoms with E-state index >= 15 is 0 Å². The van der Waals surface area contributed by atoms with Crippen LogP contribution in [0, 0.1) is 0 Å². The van der Waals surface area contributed by atoms with Crippen LogP contribution in [0.15, 0.2) is 65.7 Å². The van der Waals surface area contributed by atoms with Gasteiger partial charge in [-0.15, -0.1) is 0 Å². The van der Waals surface area contributed by atoms with Crippen molar-refractivity contribution in [2.45, 2.75) is 55.3 Å². The maximum absolute atomic E-state index is 13.7. The van der Waals surface area contributed by atoms with Crippen molar-refractivity contribution in [3.8, 4) is 0 Å². The van der Waals surface area contributed by atoms with Gasteiger partial charge in [-0.3, -0.25) is 4.48 Å². The molecule has 1 N–H and O–H groups in total. The average molecular weight is 512 g/mol. The fourth-order valence-electron chi connectivity index (χ4n) is 4.03. The highest BCUT2D eigenvalue weighted by atomic mass is 32.2. The number of halogens is 3. The third-order valence-electron chi connectivity index (χ3n) is 5.83. The van der Waals surface area contributed by atoms with E-state index in [1.165, 1.54) is 11.8 Å². The van der Waals surface area contributed by atoms with Gasteiger partial charge in [0.2, 0.25) is 0 Å². The van der Waals surface area contributed by atoms with E-state index in [0.717, 1.165) is 11.1 Å². The van der Waals surface area contributed by atoms with E-state index in [0.29, 0.717) is 9.65 Å². The maximum atomic E-state index is 13.7. The molecule has 1 fully saturated rings. The lowest BCUT2D eigenvalue weighted by Crippen LogP contribution is -2.62. The van der Waals surface area contributed by atoms with E-state index in [1.54, 1.807) is 0 Å². The second kappa shape index (κ2) is 10.6. The monoisotopic (exact) mass is 511 g/mol. The number of hydrogen-bond acceptors (Lipinski definition) is 6. The van der Waals surface area contributed by atoms with Gasteiger partial charge in [0.25, 0.3) is 5.17 Å². The van der Waals surface area contributed by atoms with E-state index in [-0.39, 0.29) is 13.2 Å². The Morgan fingerprint density at radius 2 is 1.46 bits per heavy atom. The van der Waals surface area contributed by atoms with E-state index in [4.69, 9.17) is 19.2 Å². The van der Waals surface area contributed by atoms with E-state index in [1.807, 2.05) is 81.8 Å². The number of aliphatic hydroxyl groups excluding tert-OH is 1. The summed E-state index contributed by atoms with van der Waals surface area (Å²) >= 11 is 1.26. The Hall–Kier alpha value is -1.95. The summed E-state index contributed by atoms with van der Waals surface area (Å²) in [4.78, 5) is 4.80. The van der Waals surface area contributed by atoms with Crippen LogP contribution in [0.1, 0.15) is 11.1 Å². The zero-order valence-corrected chi connectivity index (χ0v) is 20.6. The van der Waals surface area contributed by atoms with Gasteiger partial charge in [-0.1, -0.05) is 60.7 Å². The molecule has 2 aromatic rings. The van der Waals surface area contributed by atoms with Crippen molar-refractivity contribution in [1.82, 2.24) is 0 Å². The molecule has 2 aromatic carbocycles. The molecule has 2 aliphatic heterocycles. The molecule has 10 heteroatoms. The number of fused-ring (bicyclic) bond motifs is 1. The maximum Gasteiger partial charge on any atom is 0.417 e. The minimum absolute atomic E-state index is 0.0393. The lowest BCUT2D eigenvalue weighted by Gasteiger charge is -2.44. The van der Waals surface area contributed by atoms with Crippen LogP contribution in [0.2, 0.25) is 0 Å². The van der Waals surface area contributed by atoms with Crippen molar-refractivity contribution >= 4 is 16.9 Å². The summed E-state index contributed by atoms with van der Waals surface area (Å²) in [5, 5.41) is 11.0. The Kier molecular flexibility index (Phi) is 7.89. The second-order valence-corrected chi connectivity index (χ2v) is 10.6. The number of rotatable bonds is 7. The molecular formula is C25H30F3N2O4S+. The fourth-order valence-corrected chi connectivity index (χ4v) is 5.28. The predicted octanol–water partition coefficient (Wildman–Crippen LogP) is 3.98. The Balaban J connectivity index is 1.67. The molecule has 0 aliphatic carbocycles. The van der Waals surface area contributed by atoms with Crippen LogP contribution in [-0.2, 0) is 27.4 Å². The number of amidine groups is 1. The number of ether oxygens (including phenoxy) is 3. The number of nitrogens with zero attached hydrogens (tertiary/aromatic N) is 2. The standard InChI is InChI=1S/C25H30F3N2O4S/c1-30(2,3)24-29-18-19(32-14-16-10-6-4-7-11-16)20(33-15-17-12-8-5-9-13-17)21(34-23(18)35-24)22(31)25(26,27)28/h4-13,18-23,31H,14-15H2,1-3H3/q+1/t18-,19-,20+,21+,22+,23-/m1/s1. The van der Waals surface area contributed by atoms with Gasteiger partial charge >= 0.3 is 6.18 Å². The summed E-state index contributed by atoms with van der Waals surface area (Å²) in [6.45, 7) is 0.201. The smallest absolute Gasteiger partial charge is 0.381 e. The third-order valence-corrected chi connectivity index (χ3v) is 7.31. The molecule has 6 atom stereocenters. The minimum Gasteiger partial charge on any atom is -0.381 e. The number of benzene rings is 2. The van der Waals surface area contributed by atoms with Crippen molar-refractivity contribution in [2.24, 2.45) is 4.99 Å². The summed E-state index contributed by atoms with van der Waals surface area (Å²) in [5.74, 6) is 0. The first kappa shape index (κ1) is 26.1. The third kappa shape index (κ3) is 6.25. The van der Waals surface area contributed by atoms with Crippen molar-refractivity contribution < 1.29 is 37.0 Å². The summed E-state index contributed by atoms with van der Waals surface area (Å²) in [6, 6.07) is 17.9. The number of quaternary nitrogens is 1. The van der Waals surface area contributed by atoms with Gasteiger partial charge in [-0.25, -0.2) is 4.99 Å². The Labute approximate surface area is 207 Å². The van der Waals surface area contributed by atoms with E-state index in [2.05, 4.69) is 0 Å². The van der Waals surface area contributed by atoms with Crippen molar-refractivity contribution in [2.75, 3.05) is 21.1 Å². The minimum atomic E-state index is -4.89. The number of aliphatic imine (C=N–C) groups is 1. The molecule has 0 unspecified atom stereocenters. The van der Waals surface area contributed by atoms with Crippen LogP contribution in [-0.4, -0.2) is 78.0 Å². The SMILES string of the molecule is C[N+](C)(C)C1=N[C@@H]2[C@@H](OCc3ccccc3)[C@H](OCc3ccccc3)[C@@H]([C@H](O)C(F)(F)F)O[C@@H]2S1. The Morgan fingerprint density at radius 1 is 0.943 bits per heavy atom. The second-order valence-electron chi connectivity index (χ2n) is 9.51. The number of hydrogen-bond donors (Lipinski definition) is 1. The lowest BCUT2D eigenvalue weighted by molar-refractivity contribution is -0.772. The summed E-state index contributed by atoms with van der Waals surface area (Å²) < 4.78 is 59.6. The van der Waals surface area contributed by atoms with E-state index in [9.17, 15) is 18.3 Å². The van der Waals surface area contributed by atoms with Crippen LogP contribution in [0.3, 0.4) is 0 Å². The van der Waals surface area contributed by atoms with Gasteiger partial charge in [-0.05, 0) is 22.9 Å². The Bertz CT molecular complexity index is 1000. The van der Waals surface area contributed by atoms with Crippen molar-refractivity contribution in [3.05, 3.63) is 71.8 Å². The molecule has 2 aliphatic rings. The van der Waals surface area contributed by atoms with Crippen LogP contribution >= 0.6 is 11.8 Å². The van der Waals surface area contributed by atoms with Crippen LogP contribution < -0.4 is 0 Å². The molecule has 1 saturated heterocycles. The summed E-state index contributed by atoms with van der Waals surface area (Å²) in [6.07, 6.45) is -11.4.